The van der Waals surface area contributed by atoms with Crippen molar-refractivity contribution in [2.24, 2.45) is 0 Å². The highest BCUT2D eigenvalue weighted by molar-refractivity contribution is 5.71. The lowest BCUT2D eigenvalue weighted by Crippen LogP contribution is -2.30. The van der Waals surface area contributed by atoms with Crippen LogP contribution >= 0.6 is 0 Å². The maximum atomic E-state index is 12.9. The van der Waals surface area contributed by atoms with E-state index < -0.39 is 6.10 Å². The minimum absolute atomic E-state index is 0.0650. The number of hydrogen-bond donors (Lipinski definition) is 0. The van der Waals surface area contributed by atoms with E-state index >= 15 is 0 Å². The van der Waals surface area contributed by atoms with Gasteiger partial charge in [-0.1, -0.05) is 290 Å². The Morgan fingerprint density at radius 3 is 0.746 bits per heavy atom. The standard InChI is InChI=1S/C61H116O6/c1-4-7-10-13-16-19-22-25-28-30-31-32-34-36-39-42-45-48-51-54-60(63)66-57-58(56-65-59(62)53-50-47-44-41-38-35-27-24-21-18-15-12-9-6-3)67-61(64)55-52-49-46-43-40-37-33-29-26-23-20-17-14-11-8-5-2/h30-31,58H,4-29,32-57H2,1-3H3/b31-30-. The number of carbonyl (C=O) groups excluding carboxylic acids is 3. The van der Waals surface area contributed by atoms with Crippen LogP contribution in [0.3, 0.4) is 0 Å². The Morgan fingerprint density at radius 1 is 0.284 bits per heavy atom. The molecule has 6 nitrogen and oxygen atoms in total. The van der Waals surface area contributed by atoms with Crippen LogP contribution in [0.25, 0.3) is 0 Å². The van der Waals surface area contributed by atoms with Crippen molar-refractivity contribution in [1.29, 1.82) is 0 Å². The van der Waals surface area contributed by atoms with Gasteiger partial charge in [0.2, 0.25) is 0 Å². The van der Waals surface area contributed by atoms with Crippen molar-refractivity contribution < 1.29 is 28.6 Å². The third-order valence-corrected chi connectivity index (χ3v) is 13.8. The lowest BCUT2D eigenvalue weighted by Gasteiger charge is -2.18. The van der Waals surface area contributed by atoms with Gasteiger partial charge < -0.3 is 14.2 Å². The van der Waals surface area contributed by atoms with Crippen LogP contribution in [0.1, 0.15) is 342 Å². The zero-order valence-corrected chi connectivity index (χ0v) is 45.5. The van der Waals surface area contributed by atoms with Crippen molar-refractivity contribution in [3.63, 3.8) is 0 Å². The zero-order valence-electron chi connectivity index (χ0n) is 45.5. The van der Waals surface area contributed by atoms with E-state index in [4.69, 9.17) is 14.2 Å². The molecule has 396 valence electrons. The first-order chi connectivity index (χ1) is 33.0. The van der Waals surface area contributed by atoms with Gasteiger partial charge in [-0.2, -0.15) is 0 Å². The van der Waals surface area contributed by atoms with Crippen LogP contribution in [0.2, 0.25) is 0 Å². The first-order valence-electron chi connectivity index (χ1n) is 30.2. The van der Waals surface area contributed by atoms with Gasteiger partial charge in [0, 0.05) is 19.3 Å². The molecule has 6 heteroatoms. The highest BCUT2D eigenvalue weighted by Crippen LogP contribution is 2.17. The molecule has 0 radical (unpaired) electrons. The number of rotatable bonds is 56. The van der Waals surface area contributed by atoms with Gasteiger partial charge in [0.25, 0.3) is 0 Å². The maximum absolute atomic E-state index is 12.9. The molecule has 1 unspecified atom stereocenters. The Balaban J connectivity index is 4.30. The number of ether oxygens (including phenoxy) is 3. The predicted octanol–water partition coefficient (Wildman–Crippen LogP) is 20.1. The molecule has 0 aromatic heterocycles. The van der Waals surface area contributed by atoms with Crippen molar-refractivity contribution in [2.45, 2.75) is 348 Å². The summed E-state index contributed by atoms with van der Waals surface area (Å²) < 4.78 is 16.9. The molecule has 0 spiro atoms. The smallest absolute Gasteiger partial charge is 0.306 e. The van der Waals surface area contributed by atoms with Gasteiger partial charge in [-0.05, 0) is 44.9 Å². The third-order valence-electron chi connectivity index (χ3n) is 13.8. The molecule has 0 saturated carbocycles. The van der Waals surface area contributed by atoms with Crippen LogP contribution in [0.5, 0.6) is 0 Å². The second-order valence-electron chi connectivity index (χ2n) is 20.6. The van der Waals surface area contributed by atoms with E-state index in [1.807, 2.05) is 0 Å². The van der Waals surface area contributed by atoms with Gasteiger partial charge >= 0.3 is 17.9 Å². The molecular formula is C61H116O6. The van der Waals surface area contributed by atoms with Gasteiger partial charge in [0.05, 0.1) is 0 Å². The number of carbonyl (C=O) groups is 3. The van der Waals surface area contributed by atoms with Gasteiger partial charge in [0.15, 0.2) is 6.10 Å². The first kappa shape index (κ1) is 65.1. The molecule has 0 N–H and O–H groups in total. The van der Waals surface area contributed by atoms with E-state index in [0.29, 0.717) is 19.3 Å². The second-order valence-corrected chi connectivity index (χ2v) is 20.6. The molecule has 1 atom stereocenters. The monoisotopic (exact) mass is 945 g/mol. The van der Waals surface area contributed by atoms with Crippen molar-refractivity contribution >= 4 is 17.9 Å². The van der Waals surface area contributed by atoms with Crippen molar-refractivity contribution in [2.75, 3.05) is 13.2 Å². The fraction of sp³-hybridized carbons (Fsp3) is 0.918. The number of unbranched alkanes of at least 4 members (excludes halogenated alkanes) is 43. The van der Waals surface area contributed by atoms with Crippen molar-refractivity contribution in [3.05, 3.63) is 12.2 Å². The minimum Gasteiger partial charge on any atom is -0.462 e. The zero-order chi connectivity index (χ0) is 48.6. The third kappa shape index (κ3) is 55.0. The van der Waals surface area contributed by atoms with Crippen molar-refractivity contribution in [1.82, 2.24) is 0 Å². The molecule has 0 aromatic carbocycles. The number of esters is 3. The Kier molecular flexibility index (Phi) is 55.2. The molecule has 0 saturated heterocycles. The Morgan fingerprint density at radius 2 is 0.493 bits per heavy atom. The summed E-state index contributed by atoms with van der Waals surface area (Å²) in [5.74, 6) is -0.842. The molecular weight excluding hydrogens is 829 g/mol. The first-order valence-corrected chi connectivity index (χ1v) is 30.2. The van der Waals surface area contributed by atoms with Crippen LogP contribution in [-0.2, 0) is 28.6 Å². The molecule has 0 aliphatic rings. The fourth-order valence-electron chi connectivity index (χ4n) is 9.21. The summed E-state index contributed by atoms with van der Waals surface area (Å²) in [7, 11) is 0. The molecule has 0 rings (SSSR count). The Bertz CT molecular complexity index is 1040. The fourth-order valence-corrected chi connectivity index (χ4v) is 9.21. The summed E-state index contributed by atoms with van der Waals surface area (Å²) in [4.78, 5) is 38.2. The minimum atomic E-state index is -0.766. The maximum Gasteiger partial charge on any atom is 0.306 e. The summed E-state index contributed by atoms with van der Waals surface area (Å²) in [5, 5.41) is 0. The van der Waals surface area contributed by atoms with Crippen LogP contribution < -0.4 is 0 Å². The lowest BCUT2D eigenvalue weighted by atomic mass is 10.0. The summed E-state index contributed by atoms with van der Waals surface area (Å²) in [5.41, 5.74) is 0. The van der Waals surface area contributed by atoms with Gasteiger partial charge in [-0.3, -0.25) is 14.4 Å². The Hall–Kier alpha value is -1.85. The van der Waals surface area contributed by atoms with E-state index in [1.54, 1.807) is 0 Å². The quantitative estimate of drug-likeness (QED) is 0.0262. The molecule has 0 aliphatic carbocycles. The summed E-state index contributed by atoms with van der Waals surface area (Å²) in [6.45, 7) is 6.70. The normalized spacial score (nSPS) is 12.0. The van der Waals surface area contributed by atoms with Gasteiger partial charge in [-0.15, -0.1) is 0 Å². The van der Waals surface area contributed by atoms with Crippen LogP contribution in [-0.4, -0.2) is 37.2 Å². The van der Waals surface area contributed by atoms with Crippen LogP contribution in [0.15, 0.2) is 12.2 Å². The van der Waals surface area contributed by atoms with E-state index in [2.05, 4.69) is 32.9 Å². The molecule has 0 amide bonds. The molecule has 67 heavy (non-hydrogen) atoms. The second kappa shape index (κ2) is 56.7. The Labute approximate surface area is 418 Å². The predicted molar refractivity (Wildman–Crippen MR) is 289 cm³/mol. The van der Waals surface area contributed by atoms with E-state index in [9.17, 15) is 14.4 Å². The summed E-state index contributed by atoms with van der Waals surface area (Å²) >= 11 is 0. The molecule has 0 heterocycles. The topological polar surface area (TPSA) is 78.9 Å². The van der Waals surface area contributed by atoms with Crippen LogP contribution in [0, 0.1) is 0 Å². The lowest BCUT2D eigenvalue weighted by molar-refractivity contribution is -0.167. The largest absolute Gasteiger partial charge is 0.462 e. The van der Waals surface area contributed by atoms with Crippen molar-refractivity contribution in [3.8, 4) is 0 Å². The molecule has 0 bridgehead atoms. The molecule has 0 aliphatic heterocycles. The number of hydrogen-bond acceptors (Lipinski definition) is 6. The van der Waals surface area contributed by atoms with E-state index in [0.717, 1.165) is 57.8 Å². The van der Waals surface area contributed by atoms with E-state index in [-0.39, 0.29) is 31.1 Å². The highest BCUT2D eigenvalue weighted by atomic mass is 16.6. The van der Waals surface area contributed by atoms with Gasteiger partial charge in [0.1, 0.15) is 13.2 Å². The average Bonchev–Trinajstić information content (AvgIpc) is 3.33. The summed E-state index contributed by atoms with van der Waals surface area (Å²) in [6, 6.07) is 0. The summed E-state index contributed by atoms with van der Waals surface area (Å²) in [6.07, 6.45) is 64.9. The molecule has 0 fully saturated rings. The van der Waals surface area contributed by atoms with Gasteiger partial charge in [-0.25, -0.2) is 0 Å². The average molecular weight is 946 g/mol. The SMILES string of the molecule is CCCCCCCCCC/C=C\CCCCCCCCCC(=O)OCC(COC(=O)CCCCCCCCCCCCCCCC)OC(=O)CCCCCCCCCCCCCCCCCC. The van der Waals surface area contributed by atoms with Crippen LogP contribution in [0.4, 0.5) is 0 Å². The highest BCUT2D eigenvalue weighted by Gasteiger charge is 2.19. The molecule has 0 aromatic rings. The number of allylic oxidation sites excluding steroid dienone is 2. The van der Waals surface area contributed by atoms with E-state index in [1.165, 1.54) is 244 Å².